The lowest BCUT2D eigenvalue weighted by molar-refractivity contribution is -0.355. The Morgan fingerprint density at radius 1 is 1.10 bits per heavy atom. The Labute approximate surface area is 117 Å². The molecule has 0 radical (unpaired) electrons. The smallest absolute Gasteiger partial charge is 0.273 e. The van der Waals surface area contributed by atoms with Gasteiger partial charge in [0.25, 0.3) is 11.5 Å². The summed E-state index contributed by atoms with van der Waals surface area (Å²) in [7, 11) is 0. The molecule has 1 aliphatic rings. The average Bonchev–Trinajstić information content (AvgIpc) is 2.73. The highest BCUT2D eigenvalue weighted by molar-refractivity contribution is 6.52. The summed E-state index contributed by atoms with van der Waals surface area (Å²) in [6.07, 6.45) is 0. The van der Waals surface area contributed by atoms with Gasteiger partial charge in [0.05, 0.1) is 17.2 Å². The summed E-state index contributed by atoms with van der Waals surface area (Å²) in [6, 6.07) is 8.74. The monoisotopic (exact) mass is 284 g/mol. The second kappa shape index (κ2) is 4.49. The minimum atomic E-state index is -1.14. The van der Waals surface area contributed by atoms with E-state index in [9.17, 15) is 18.8 Å². The van der Waals surface area contributed by atoms with Gasteiger partial charge in [0.15, 0.2) is 11.6 Å². The first-order valence-electron chi connectivity index (χ1n) is 5.91. The van der Waals surface area contributed by atoms with Crippen molar-refractivity contribution in [3.63, 3.8) is 0 Å². The molecule has 0 spiro atoms. The van der Waals surface area contributed by atoms with Gasteiger partial charge in [-0.1, -0.05) is 0 Å². The fourth-order valence-corrected chi connectivity index (χ4v) is 2.20. The van der Waals surface area contributed by atoms with Crippen LogP contribution in [0, 0.1) is 28.2 Å². The van der Waals surface area contributed by atoms with E-state index < -0.39 is 17.4 Å². The summed E-state index contributed by atoms with van der Waals surface area (Å²) in [4.78, 5) is 12.3. The summed E-state index contributed by atoms with van der Waals surface area (Å²) >= 11 is 0. The quantitative estimate of drug-likeness (QED) is 0.597. The number of hydrogen-bond acceptors (Lipinski definition) is 3. The normalized spacial score (nSPS) is 13.3. The van der Waals surface area contributed by atoms with Crippen molar-refractivity contribution in [3.05, 3.63) is 69.9 Å². The highest BCUT2D eigenvalue weighted by Gasteiger charge is 2.37. The largest absolute Gasteiger partial charge is 0.618 e. The maximum absolute atomic E-state index is 13.3. The summed E-state index contributed by atoms with van der Waals surface area (Å²) in [5.41, 5.74) is 0.0900. The molecule has 0 aromatic heterocycles. The topological polar surface area (TPSA) is 66.9 Å². The molecule has 0 saturated heterocycles. The average molecular weight is 284 g/mol. The maximum Gasteiger partial charge on any atom is 0.273 e. The van der Waals surface area contributed by atoms with Gasteiger partial charge in [-0.05, 0) is 30.3 Å². The van der Waals surface area contributed by atoms with Crippen LogP contribution in [0.25, 0.3) is 0 Å². The molecular formula is C15H6F2N2O2. The van der Waals surface area contributed by atoms with E-state index in [2.05, 4.69) is 0 Å². The molecule has 0 atom stereocenters. The fraction of sp³-hybridized carbons (Fsp3) is 0. The summed E-state index contributed by atoms with van der Waals surface area (Å²) < 4.78 is 26.6. The highest BCUT2D eigenvalue weighted by Crippen LogP contribution is 2.29. The molecule has 0 unspecified atom stereocenters. The van der Waals surface area contributed by atoms with Crippen molar-refractivity contribution < 1.29 is 18.3 Å². The van der Waals surface area contributed by atoms with Crippen molar-refractivity contribution in [3.8, 4) is 6.07 Å². The first-order chi connectivity index (χ1) is 10.0. The number of benzene rings is 2. The van der Waals surface area contributed by atoms with E-state index in [1.54, 1.807) is 0 Å². The van der Waals surface area contributed by atoms with E-state index in [4.69, 9.17) is 5.26 Å². The molecule has 1 heterocycles. The Bertz CT molecular complexity index is 866. The Balaban J connectivity index is 2.17. The third kappa shape index (κ3) is 1.87. The number of carbonyl (C=O) groups is 1. The van der Waals surface area contributed by atoms with Crippen LogP contribution in [0.2, 0.25) is 0 Å². The third-order valence-electron chi connectivity index (χ3n) is 3.20. The summed E-state index contributed by atoms with van der Waals surface area (Å²) in [5, 5.41) is 21.0. The van der Waals surface area contributed by atoms with Crippen LogP contribution >= 0.6 is 0 Å². The Morgan fingerprint density at radius 2 is 1.86 bits per heavy atom. The predicted molar refractivity (Wildman–Crippen MR) is 69.2 cm³/mol. The van der Waals surface area contributed by atoms with Crippen LogP contribution in [0.5, 0.6) is 0 Å². The van der Waals surface area contributed by atoms with E-state index >= 15 is 0 Å². The molecule has 3 rings (SSSR count). The van der Waals surface area contributed by atoms with Crippen molar-refractivity contribution in [2.45, 2.75) is 0 Å². The minimum absolute atomic E-state index is 0.0105. The highest BCUT2D eigenvalue weighted by atomic mass is 19.2. The van der Waals surface area contributed by atoms with Gasteiger partial charge in [-0.15, -0.1) is 0 Å². The fourth-order valence-electron chi connectivity index (χ4n) is 2.20. The van der Waals surface area contributed by atoms with Crippen LogP contribution < -0.4 is 0 Å². The van der Waals surface area contributed by atoms with Gasteiger partial charge in [-0.25, -0.2) is 8.78 Å². The Kier molecular flexibility index (Phi) is 2.77. The molecule has 2 aromatic rings. The van der Waals surface area contributed by atoms with Crippen LogP contribution in [0.1, 0.15) is 21.5 Å². The molecule has 2 aromatic carbocycles. The van der Waals surface area contributed by atoms with Gasteiger partial charge in [0.1, 0.15) is 5.56 Å². The lowest BCUT2D eigenvalue weighted by Gasteiger charge is -2.02. The Morgan fingerprint density at radius 3 is 2.52 bits per heavy atom. The second-order valence-electron chi connectivity index (χ2n) is 4.44. The van der Waals surface area contributed by atoms with Crippen molar-refractivity contribution >= 4 is 17.2 Å². The lowest BCUT2D eigenvalue weighted by atomic mass is 10.0. The zero-order valence-corrected chi connectivity index (χ0v) is 10.4. The Hall–Kier alpha value is -3.07. The molecule has 0 bridgehead atoms. The van der Waals surface area contributed by atoms with Gasteiger partial charge >= 0.3 is 0 Å². The number of rotatable bonds is 1. The zero-order chi connectivity index (χ0) is 15.1. The lowest BCUT2D eigenvalue weighted by Crippen LogP contribution is -2.17. The van der Waals surface area contributed by atoms with Crippen LogP contribution in [0.4, 0.5) is 14.5 Å². The number of hydrogen-bond donors (Lipinski definition) is 0. The van der Waals surface area contributed by atoms with E-state index in [0.717, 1.165) is 18.2 Å². The molecule has 0 N–H and O–H groups in total. The number of nitriles is 1. The second-order valence-corrected chi connectivity index (χ2v) is 4.44. The number of ketones is 1. The summed E-state index contributed by atoms with van der Waals surface area (Å²) in [5.74, 6) is -2.83. The molecule has 0 saturated carbocycles. The van der Waals surface area contributed by atoms with Crippen LogP contribution in [0.3, 0.4) is 0 Å². The van der Waals surface area contributed by atoms with Crippen molar-refractivity contribution in [2.24, 2.45) is 0 Å². The number of halogens is 2. The molecule has 0 fully saturated rings. The molecular weight excluding hydrogens is 278 g/mol. The van der Waals surface area contributed by atoms with Crippen molar-refractivity contribution in [2.75, 3.05) is 0 Å². The van der Waals surface area contributed by atoms with Crippen LogP contribution in [-0.4, -0.2) is 16.2 Å². The summed E-state index contributed by atoms with van der Waals surface area (Å²) in [6.45, 7) is 0. The van der Waals surface area contributed by atoms with Crippen LogP contribution in [0.15, 0.2) is 36.4 Å². The minimum Gasteiger partial charge on any atom is -0.618 e. The SMILES string of the molecule is N#Cc1ccc2c(c1)C(=O)C(c1ccc(F)c(F)c1)=[N+]2[O-]. The third-order valence-corrected chi connectivity index (χ3v) is 3.20. The predicted octanol–water partition coefficient (Wildman–Crippen LogP) is 2.66. The van der Waals surface area contributed by atoms with Crippen molar-refractivity contribution in [1.82, 2.24) is 0 Å². The zero-order valence-electron chi connectivity index (χ0n) is 10.4. The van der Waals surface area contributed by atoms with Gasteiger partial charge in [0, 0.05) is 6.07 Å². The molecule has 102 valence electrons. The van der Waals surface area contributed by atoms with Gasteiger partial charge in [-0.2, -0.15) is 10.0 Å². The van der Waals surface area contributed by atoms with Gasteiger partial charge < -0.3 is 5.21 Å². The first kappa shape index (κ1) is 12.9. The molecule has 0 amide bonds. The standard InChI is InChI=1S/C15H6F2N2O2/c16-11-3-2-9(6-12(11)17)14-15(20)10-5-8(7-18)1-4-13(10)19(14)21/h1-6H. The molecule has 21 heavy (non-hydrogen) atoms. The number of carbonyl (C=O) groups excluding carboxylic acids is 1. The van der Waals surface area contributed by atoms with Crippen molar-refractivity contribution in [1.29, 1.82) is 5.26 Å². The molecule has 0 aliphatic carbocycles. The van der Waals surface area contributed by atoms with Gasteiger partial charge in [0.2, 0.25) is 5.69 Å². The van der Waals surface area contributed by atoms with E-state index in [1.807, 2.05) is 6.07 Å². The van der Waals surface area contributed by atoms with E-state index in [0.29, 0.717) is 4.74 Å². The van der Waals surface area contributed by atoms with Crippen LogP contribution in [-0.2, 0) is 0 Å². The van der Waals surface area contributed by atoms with E-state index in [1.165, 1.54) is 18.2 Å². The number of nitrogens with zero attached hydrogens (tertiary/aromatic N) is 2. The molecule has 1 aliphatic heterocycles. The van der Waals surface area contributed by atoms with E-state index in [-0.39, 0.29) is 28.1 Å². The number of Topliss-reactive ketones (excluding diaryl/α,β-unsaturated/α-hetero) is 1. The number of fused-ring (bicyclic) bond motifs is 1. The molecule has 4 nitrogen and oxygen atoms in total. The first-order valence-corrected chi connectivity index (χ1v) is 5.91. The molecule has 6 heteroatoms. The maximum atomic E-state index is 13.3. The van der Waals surface area contributed by atoms with Gasteiger partial charge in [-0.3, -0.25) is 4.79 Å².